The first kappa shape index (κ1) is 20.0. The Bertz CT molecular complexity index is 1140. The van der Waals surface area contributed by atoms with Gasteiger partial charge in [0.2, 0.25) is 5.91 Å². The predicted octanol–water partition coefficient (Wildman–Crippen LogP) is 5.67. The molecule has 0 bridgehead atoms. The third kappa shape index (κ3) is 4.46. The Labute approximate surface area is 178 Å². The van der Waals surface area contributed by atoms with Gasteiger partial charge in [-0.25, -0.2) is 0 Å². The molecular weight excluding hydrogens is 368 g/mol. The zero-order valence-corrected chi connectivity index (χ0v) is 17.6. The lowest BCUT2D eigenvalue weighted by Crippen LogP contribution is -2.27. The Hall–Kier alpha value is -3.33. The maximum absolute atomic E-state index is 12.9. The van der Waals surface area contributed by atoms with Crippen LogP contribution >= 0.6 is 0 Å². The van der Waals surface area contributed by atoms with Gasteiger partial charge in [0, 0.05) is 36.0 Å². The average Bonchev–Trinajstić information content (AvgIpc) is 3.17. The van der Waals surface area contributed by atoms with Gasteiger partial charge in [-0.1, -0.05) is 72.3 Å². The number of carbonyl (C=O) groups excluding carboxylic acids is 1. The zero-order chi connectivity index (χ0) is 20.9. The number of carbonyl (C=O) groups is 1. The number of aryl methyl sites for hydroxylation is 2. The van der Waals surface area contributed by atoms with Gasteiger partial charge in [0.25, 0.3) is 0 Å². The highest BCUT2D eigenvalue weighted by Crippen LogP contribution is 2.35. The zero-order valence-electron chi connectivity index (χ0n) is 17.6. The molecule has 0 fully saturated rings. The number of fused-ring (bicyclic) bond motifs is 1. The highest BCUT2D eigenvalue weighted by atomic mass is 16.1. The van der Waals surface area contributed by atoms with E-state index in [-0.39, 0.29) is 11.8 Å². The van der Waals surface area contributed by atoms with Gasteiger partial charge < -0.3 is 10.3 Å². The normalized spacial score (nSPS) is 12.1. The molecule has 1 aromatic heterocycles. The highest BCUT2D eigenvalue weighted by molar-refractivity contribution is 5.86. The van der Waals surface area contributed by atoms with Gasteiger partial charge in [0.05, 0.1) is 0 Å². The van der Waals surface area contributed by atoms with Crippen molar-refractivity contribution < 1.29 is 4.79 Å². The summed E-state index contributed by atoms with van der Waals surface area (Å²) in [6.45, 7) is 4.89. The Morgan fingerprint density at radius 2 is 1.70 bits per heavy atom. The van der Waals surface area contributed by atoms with Crippen molar-refractivity contribution in [2.75, 3.05) is 6.54 Å². The summed E-state index contributed by atoms with van der Waals surface area (Å²) in [5.74, 6) is 0.0969. The molecule has 4 rings (SSSR count). The van der Waals surface area contributed by atoms with Crippen molar-refractivity contribution in [1.29, 1.82) is 0 Å². The maximum atomic E-state index is 12.9. The molecule has 4 aromatic rings. The van der Waals surface area contributed by atoms with Crippen molar-refractivity contribution in [1.82, 2.24) is 10.3 Å². The Morgan fingerprint density at radius 3 is 2.50 bits per heavy atom. The fourth-order valence-electron chi connectivity index (χ4n) is 4.23. The molecule has 1 atom stereocenters. The number of hydrogen-bond acceptors (Lipinski definition) is 1. The van der Waals surface area contributed by atoms with Crippen molar-refractivity contribution in [2.24, 2.45) is 0 Å². The standard InChI is InChI=1S/C27H28N2O/c1-19-12-13-22(20(2)16-19)24(25-18-29-26-11-7-6-10-23(25)26)17-27(30)28-15-14-21-8-4-3-5-9-21/h3-13,16,18,24,29H,14-15,17H2,1-2H3,(H,28,30). The van der Waals surface area contributed by atoms with Gasteiger partial charge >= 0.3 is 0 Å². The Balaban J connectivity index is 1.57. The minimum absolute atomic E-state index is 0.0125. The van der Waals surface area contributed by atoms with E-state index in [9.17, 15) is 4.79 Å². The lowest BCUT2D eigenvalue weighted by Gasteiger charge is -2.20. The molecule has 0 spiro atoms. The van der Waals surface area contributed by atoms with Crippen LogP contribution in [0.3, 0.4) is 0 Å². The second-order valence-electron chi connectivity index (χ2n) is 7.99. The van der Waals surface area contributed by atoms with E-state index < -0.39 is 0 Å². The van der Waals surface area contributed by atoms with Gasteiger partial charge in [0.15, 0.2) is 0 Å². The van der Waals surface area contributed by atoms with Crippen LogP contribution in [0.5, 0.6) is 0 Å². The van der Waals surface area contributed by atoms with Gasteiger partial charge in [0.1, 0.15) is 0 Å². The number of para-hydroxylation sites is 1. The van der Waals surface area contributed by atoms with Crippen LogP contribution in [0.15, 0.2) is 79.0 Å². The molecule has 0 aliphatic carbocycles. The lowest BCUT2D eigenvalue weighted by molar-refractivity contribution is -0.121. The number of H-pyrrole nitrogens is 1. The molecule has 152 valence electrons. The number of rotatable bonds is 7. The molecule has 2 N–H and O–H groups in total. The summed E-state index contributed by atoms with van der Waals surface area (Å²) < 4.78 is 0. The summed E-state index contributed by atoms with van der Waals surface area (Å²) in [5.41, 5.74) is 7.19. The number of nitrogens with one attached hydrogen (secondary N) is 2. The lowest BCUT2D eigenvalue weighted by atomic mass is 9.85. The first-order valence-electron chi connectivity index (χ1n) is 10.6. The predicted molar refractivity (Wildman–Crippen MR) is 124 cm³/mol. The van der Waals surface area contributed by atoms with Crippen LogP contribution < -0.4 is 5.32 Å². The van der Waals surface area contributed by atoms with E-state index >= 15 is 0 Å². The second-order valence-corrected chi connectivity index (χ2v) is 7.99. The maximum Gasteiger partial charge on any atom is 0.220 e. The number of aromatic amines is 1. The monoisotopic (exact) mass is 396 g/mol. The molecule has 3 heteroatoms. The number of benzene rings is 3. The third-order valence-corrected chi connectivity index (χ3v) is 5.77. The van der Waals surface area contributed by atoms with Crippen LogP contribution in [-0.4, -0.2) is 17.4 Å². The fourth-order valence-corrected chi connectivity index (χ4v) is 4.23. The first-order valence-corrected chi connectivity index (χ1v) is 10.6. The van der Waals surface area contributed by atoms with Crippen molar-refractivity contribution >= 4 is 16.8 Å². The molecule has 3 nitrogen and oxygen atoms in total. The Morgan fingerprint density at radius 1 is 0.933 bits per heavy atom. The molecule has 1 heterocycles. The van der Waals surface area contributed by atoms with E-state index in [2.05, 4.69) is 78.9 Å². The van der Waals surface area contributed by atoms with E-state index in [1.54, 1.807) is 0 Å². The molecule has 30 heavy (non-hydrogen) atoms. The average molecular weight is 397 g/mol. The summed E-state index contributed by atoms with van der Waals surface area (Å²) in [6, 6.07) is 25.1. The Kier molecular flexibility index (Phi) is 5.99. The minimum Gasteiger partial charge on any atom is -0.361 e. The van der Waals surface area contributed by atoms with Crippen LogP contribution in [0.1, 0.15) is 40.2 Å². The summed E-state index contributed by atoms with van der Waals surface area (Å²) in [7, 11) is 0. The smallest absolute Gasteiger partial charge is 0.220 e. The molecule has 0 radical (unpaired) electrons. The summed E-state index contributed by atoms with van der Waals surface area (Å²) >= 11 is 0. The van der Waals surface area contributed by atoms with E-state index in [0.29, 0.717) is 13.0 Å². The molecule has 1 unspecified atom stereocenters. The molecular formula is C27H28N2O. The number of aromatic nitrogens is 1. The van der Waals surface area contributed by atoms with Crippen LogP contribution in [0, 0.1) is 13.8 Å². The SMILES string of the molecule is Cc1ccc(C(CC(=O)NCCc2ccccc2)c2c[nH]c3ccccc23)c(C)c1. The second kappa shape index (κ2) is 9.00. The largest absolute Gasteiger partial charge is 0.361 e. The quantitative estimate of drug-likeness (QED) is 0.416. The topological polar surface area (TPSA) is 44.9 Å². The van der Waals surface area contributed by atoms with Crippen molar-refractivity contribution in [2.45, 2.75) is 32.6 Å². The highest BCUT2D eigenvalue weighted by Gasteiger charge is 2.22. The van der Waals surface area contributed by atoms with Gasteiger partial charge in [-0.15, -0.1) is 0 Å². The number of amides is 1. The molecule has 1 amide bonds. The third-order valence-electron chi connectivity index (χ3n) is 5.77. The van der Waals surface area contributed by atoms with Crippen LogP contribution in [0.4, 0.5) is 0 Å². The summed E-state index contributed by atoms with van der Waals surface area (Å²) in [6.07, 6.45) is 3.33. The van der Waals surface area contributed by atoms with Crippen LogP contribution in [0.25, 0.3) is 10.9 Å². The van der Waals surface area contributed by atoms with E-state index in [1.165, 1.54) is 33.2 Å². The molecule has 3 aromatic carbocycles. The minimum atomic E-state index is 0.0125. The van der Waals surface area contributed by atoms with Gasteiger partial charge in [-0.3, -0.25) is 4.79 Å². The van der Waals surface area contributed by atoms with Gasteiger partial charge in [-0.2, -0.15) is 0 Å². The van der Waals surface area contributed by atoms with E-state index in [1.807, 2.05) is 24.3 Å². The van der Waals surface area contributed by atoms with Gasteiger partial charge in [-0.05, 0) is 48.6 Å². The van der Waals surface area contributed by atoms with Crippen molar-refractivity contribution in [3.63, 3.8) is 0 Å². The van der Waals surface area contributed by atoms with E-state index in [0.717, 1.165) is 11.9 Å². The van der Waals surface area contributed by atoms with Crippen molar-refractivity contribution in [3.05, 3.63) is 107 Å². The van der Waals surface area contributed by atoms with Crippen molar-refractivity contribution in [3.8, 4) is 0 Å². The van der Waals surface area contributed by atoms with Crippen LogP contribution in [0.2, 0.25) is 0 Å². The first-order chi connectivity index (χ1) is 14.6. The molecule has 0 aliphatic heterocycles. The fraction of sp³-hybridized carbons (Fsp3) is 0.222. The molecule has 0 saturated carbocycles. The number of hydrogen-bond donors (Lipinski definition) is 2. The molecule has 0 saturated heterocycles. The van der Waals surface area contributed by atoms with Crippen LogP contribution in [-0.2, 0) is 11.2 Å². The summed E-state index contributed by atoms with van der Waals surface area (Å²) in [4.78, 5) is 16.3. The van der Waals surface area contributed by atoms with E-state index in [4.69, 9.17) is 0 Å². The molecule has 0 aliphatic rings. The summed E-state index contributed by atoms with van der Waals surface area (Å²) in [5, 5.41) is 4.30.